The minimum atomic E-state index is -0.662. The lowest BCUT2D eigenvalue weighted by Gasteiger charge is -1.95. The molecule has 0 spiro atoms. The Bertz CT molecular complexity index is 539. The van der Waals surface area contributed by atoms with Gasteiger partial charge in [0.25, 0.3) is 11.7 Å². The van der Waals surface area contributed by atoms with Crippen molar-refractivity contribution in [2.45, 2.75) is 6.92 Å². The van der Waals surface area contributed by atoms with Gasteiger partial charge in [-0.3, -0.25) is 0 Å². The fraction of sp³-hybridized carbons (Fsp3) is 0.222. The van der Waals surface area contributed by atoms with Crippen LogP contribution in [-0.4, -0.2) is 32.7 Å². The number of carbonyl (C=O) groups excluding carboxylic acids is 1. The SMILES string of the molecule is CCOC(=O)c1noc(-c2nccnc2N)n1. The fourth-order valence-corrected chi connectivity index (χ4v) is 1.11. The Hall–Kier alpha value is -2.51. The zero-order chi connectivity index (χ0) is 12.3. The minimum Gasteiger partial charge on any atom is -0.460 e. The number of esters is 1. The maximum atomic E-state index is 11.3. The van der Waals surface area contributed by atoms with E-state index in [4.69, 9.17) is 15.0 Å². The number of anilines is 1. The van der Waals surface area contributed by atoms with Crippen LogP contribution in [0.5, 0.6) is 0 Å². The van der Waals surface area contributed by atoms with Crippen LogP contribution in [0.15, 0.2) is 16.9 Å². The van der Waals surface area contributed by atoms with Crippen LogP contribution in [0.1, 0.15) is 17.5 Å². The van der Waals surface area contributed by atoms with Gasteiger partial charge in [0.1, 0.15) is 0 Å². The summed E-state index contributed by atoms with van der Waals surface area (Å²) in [6.45, 7) is 1.91. The quantitative estimate of drug-likeness (QED) is 0.754. The first-order valence-corrected chi connectivity index (χ1v) is 4.80. The van der Waals surface area contributed by atoms with E-state index in [1.54, 1.807) is 6.92 Å². The summed E-state index contributed by atoms with van der Waals surface area (Å²) in [4.78, 5) is 22.9. The smallest absolute Gasteiger partial charge is 0.379 e. The summed E-state index contributed by atoms with van der Waals surface area (Å²) in [6, 6.07) is 0. The molecule has 0 radical (unpaired) electrons. The summed E-state index contributed by atoms with van der Waals surface area (Å²) in [6.07, 6.45) is 2.86. The van der Waals surface area contributed by atoms with Crippen molar-refractivity contribution in [3.63, 3.8) is 0 Å². The van der Waals surface area contributed by atoms with E-state index in [0.717, 1.165) is 0 Å². The zero-order valence-corrected chi connectivity index (χ0v) is 8.95. The maximum Gasteiger partial charge on any atom is 0.379 e. The van der Waals surface area contributed by atoms with E-state index in [-0.39, 0.29) is 29.8 Å². The molecule has 88 valence electrons. The Morgan fingerprint density at radius 2 is 2.24 bits per heavy atom. The molecule has 8 heteroatoms. The number of nitrogens with two attached hydrogens (primary N) is 1. The molecule has 2 N–H and O–H groups in total. The lowest BCUT2D eigenvalue weighted by atomic mass is 10.4. The van der Waals surface area contributed by atoms with Gasteiger partial charge >= 0.3 is 5.97 Å². The van der Waals surface area contributed by atoms with Crippen LogP contribution in [0.25, 0.3) is 11.6 Å². The molecule has 0 atom stereocenters. The molecule has 8 nitrogen and oxygen atoms in total. The normalized spacial score (nSPS) is 10.2. The van der Waals surface area contributed by atoms with Crippen molar-refractivity contribution in [2.24, 2.45) is 0 Å². The number of aromatic nitrogens is 4. The summed E-state index contributed by atoms with van der Waals surface area (Å²) in [5, 5.41) is 3.47. The van der Waals surface area contributed by atoms with E-state index in [1.807, 2.05) is 0 Å². The van der Waals surface area contributed by atoms with Crippen molar-refractivity contribution in [3.05, 3.63) is 18.2 Å². The summed E-state index contributed by atoms with van der Waals surface area (Å²) >= 11 is 0. The van der Waals surface area contributed by atoms with Gasteiger partial charge < -0.3 is 15.0 Å². The van der Waals surface area contributed by atoms with Crippen LogP contribution < -0.4 is 5.73 Å². The molecule has 0 aromatic carbocycles. The van der Waals surface area contributed by atoms with E-state index >= 15 is 0 Å². The second-order valence-corrected chi connectivity index (χ2v) is 2.93. The maximum absolute atomic E-state index is 11.3. The lowest BCUT2D eigenvalue weighted by Crippen LogP contribution is -2.06. The number of nitrogens with zero attached hydrogens (tertiary/aromatic N) is 4. The summed E-state index contributed by atoms with van der Waals surface area (Å²) < 4.78 is 9.57. The van der Waals surface area contributed by atoms with E-state index in [0.29, 0.717) is 0 Å². The Balaban J connectivity index is 2.30. The molecule has 0 saturated carbocycles. The summed E-state index contributed by atoms with van der Waals surface area (Å²) in [7, 11) is 0. The van der Waals surface area contributed by atoms with Gasteiger partial charge in [-0.05, 0) is 12.1 Å². The molecule has 0 saturated heterocycles. The fourth-order valence-electron chi connectivity index (χ4n) is 1.11. The van der Waals surface area contributed by atoms with Gasteiger partial charge in [-0.15, -0.1) is 0 Å². The van der Waals surface area contributed by atoms with Gasteiger partial charge in [0.05, 0.1) is 6.61 Å². The van der Waals surface area contributed by atoms with Gasteiger partial charge in [0.2, 0.25) is 0 Å². The Kier molecular flexibility index (Phi) is 2.95. The monoisotopic (exact) mass is 235 g/mol. The average Bonchev–Trinajstić information content (AvgIpc) is 2.79. The first-order chi connectivity index (χ1) is 8.22. The van der Waals surface area contributed by atoms with Crippen LogP contribution in [0, 0.1) is 0 Å². The molecule has 0 fully saturated rings. The first kappa shape index (κ1) is 11.0. The third kappa shape index (κ3) is 2.19. The molecule has 2 aromatic rings. The molecule has 0 amide bonds. The second kappa shape index (κ2) is 4.56. The molecule has 2 heterocycles. The van der Waals surface area contributed by atoms with Crippen molar-refractivity contribution in [2.75, 3.05) is 12.3 Å². The Morgan fingerprint density at radius 1 is 1.47 bits per heavy atom. The lowest BCUT2D eigenvalue weighted by molar-refractivity contribution is 0.0508. The highest BCUT2D eigenvalue weighted by Gasteiger charge is 2.19. The Morgan fingerprint density at radius 3 is 2.94 bits per heavy atom. The summed E-state index contributed by atoms with van der Waals surface area (Å²) in [5.41, 5.74) is 5.81. The number of rotatable bonds is 3. The molecule has 0 aliphatic heterocycles. The number of nitrogen functional groups attached to an aromatic ring is 1. The van der Waals surface area contributed by atoms with Gasteiger partial charge in [-0.2, -0.15) is 4.98 Å². The number of hydrogen-bond donors (Lipinski definition) is 1. The van der Waals surface area contributed by atoms with Crippen molar-refractivity contribution < 1.29 is 14.1 Å². The number of ether oxygens (including phenoxy) is 1. The average molecular weight is 235 g/mol. The molecular weight excluding hydrogens is 226 g/mol. The predicted molar refractivity (Wildman–Crippen MR) is 55.7 cm³/mol. The van der Waals surface area contributed by atoms with E-state index in [9.17, 15) is 4.79 Å². The van der Waals surface area contributed by atoms with Crippen molar-refractivity contribution in [1.29, 1.82) is 0 Å². The predicted octanol–water partition coefficient (Wildman–Crippen LogP) is 0.285. The highest BCUT2D eigenvalue weighted by atomic mass is 16.5. The van der Waals surface area contributed by atoms with Crippen LogP contribution in [0.4, 0.5) is 5.82 Å². The molecule has 2 rings (SSSR count). The van der Waals surface area contributed by atoms with Crippen LogP contribution in [0.2, 0.25) is 0 Å². The minimum absolute atomic E-state index is 0.0265. The molecule has 2 aromatic heterocycles. The van der Waals surface area contributed by atoms with Gasteiger partial charge in [-0.25, -0.2) is 14.8 Å². The first-order valence-electron chi connectivity index (χ1n) is 4.80. The highest BCUT2D eigenvalue weighted by molar-refractivity contribution is 5.85. The zero-order valence-electron chi connectivity index (χ0n) is 8.95. The molecule has 0 bridgehead atoms. The van der Waals surface area contributed by atoms with Gasteiger partial charge in [0, 0.05) is 12.4 Å². The van der Waals surface area contributed by atoms with Gasteiger partial charge in [0.15, 0.2) is 11.5 Å². The highest BCUT2D eigenvalue weighted by Crippen LogP contribution is 2.18. The van der Waals surface area contributed by atoms with Gasteiger partial charge in [-0.1, -0.05) is 0 Å². The third-order valence-corrected chi connectivity index (χ3v) is 1.81. The largest absolute Gasteiger partial charge is 0.460 e. The summed E-state index contributed by atoms with van der Waals surface area (Å²) in [5.74, 6) is -0.665. The van der Waals surface area contributed by atoms with Crippen molar-refractivity contribution in [1.82, 2.24) is 20.1 Å². The molecule has 17 heavy (non-hydrogen) atoms. The molecule has 0 aliphatic carbocycles. The topological polar surface area (TPSA) is 117 Å². The second-order valence-electron chi connectivity index (χ2n) is 2.93. The number of carbonyl (C=O) groups is 1. The van der Waals surface area contributed by atoms with Crippen LogP contribution in [-0.2, 0) is 4.74 Å². The number of hydrogen-bond acceptors (Lipinski definition) is 8. The van der Waals surface area contributed by atoms with Crippen molar-refractivity contribution >= 4 is 11.8 Å². The van der Waals surface area contributed by atoms with Crippen LogP contribution >= 0.6 is 0 Å². The van der Waals surface area contributed by atoms with Crippen molar-refractivity contribution in [3.8, 4) is 11.6 Å². The molecule has 0 unspecified atom stereocenters. The van der Waals surface area contributed by atoms with E-state index < -0.39 is 5.97 Å². The van der Waals surface area contributed by atoms with E-state index in [2.05, 4.69) is 20.1 Å². The Labute approximate surface area is 95.8 Å². The third-order valence-electron chi connectivity index (χ3n) is 1.81. The molecule has 0 aliphatic rings. The molecular formula is C9H9N5O3. The van der Waals surface area contributed by atoms with E-state index in [1.165, 1.54) is 12.4 Å². The van der Waals surface area contributed by atoms with Crippen LogP contribution in [0.3, 0.4) is 0 Å². The standard InChI is InChI=1S/C9H9N5O3/c1-2-16-9(15)7-13-8(17-14-7)5-6(10)12-4-3-11-5/h3-4H,2H2,1H3,(H2,10,12).